The molecule has 0 unspecified atom stereocenters. The summed E-state index contributed by atoms with van der Waals surface area (Å²) in [6.07, 6.45) is 7.47. The van der Waals surface area contributed by atoms with Crippen LogP contribution in [-0.2, 0) is 13.0 Å². The Morgan fingerprint density at radius 2 is 1.95 bits per heavy atom. The van der Waals surface area contributed by atoms with Crippen LogP contribution in [0.15, 0.2) is 28.8 Å². The molecule has 0 radical (unpaired) electrons. The van der Waals surface area contributed by atoms with E-state index in [9.17, 15) is 0 Å². The van der Waals surface area contributed by atoms with Crippen molar-refractivity contribution in [1.82, 2.24) is 15.0 Å². The van der Waals surface area contributed by atoms with Crippen molar-refractivity contribution in [2.24, 2.45) is 0 Å². The highest BCUT2D eigenvalue weighted by molar-refractivity contribution is 5.34. The molecule has 114 valence electrons. The predicted octanol–water partition coefficient (Wildman–Crippen LogP) is 3.60. The molecule has 1 aromatic heterocycles. The van der Waals surface area contributed by atoms with Gasteiger partial charge in [0, 0.05) is 18.0 Å². The van der Waals surface area contributed by atoms with Crippen LogP contribution in [0.25, 0.3) is 0 Å². The van der Waals surface area contributed by atoms with Gasteiger partial charge in [-0.25, -0.2) is 0 Å². The summed E-state index contributed by atoms with van der Waals surface area (Å²) < 4.78 is 5.43. The van der Waals surface area contributed by atoms with Crippen molar-refractivity contribution in [3.8, 4) is 0 Å². The maximum absolute atomic E-state index is 5.43. The third kappa shape index (κ3) is 2.26. The zero-order valence-electron chi connectivity index (χ0n) is 12.7. The summed E-state index contributed by atoms with van der Waals surface area (Å²) >= 11 is 0. The summed E-state index contributed by atoms with van der Waals surface area (Å²) in [7, 11) is 0. The van der Waals surface area contributed by atoms with E-state index in [1.54, 1.807) is 0 Å². The number of fused-ring (bicyclic) bond motifs is 1. The first-order chi connectivity index (χ1) is 10.9. The van der Waals surface area contributed by atoms with Gasteiger partial charge in [-0.1, -0.05) is 29.4 Å². The second-order valence-electron chi connectivity index (χ2n) is 6.98. The van der Waals surface area contributed by atoms with E-state index in [-0.39, 0.29) is 0 Å². The number of nitrogens with zero attached hydrogens (tertiary/aromatic N) is 3. The average molecular weight is 295 g/mol. The Balaban J connectivity index is 1.40. The molecular formula is C18H21N3O. The van der Waals surface area contributed by atoms with Gasteiger partial charge in [-0.2, -0.15) is 4.98 Å². The van der Waals surface area contributed by atoms with Crippen molar-refractivity contribution in [3.05, 3.63) is 47.1 Å². The number of benzene rings is 1. The van der Waals surface area contributed by atoms with Crippen LogP contribution in [0.1, 0.15) is 66.9 Å². The monoisotopic (exact) mass is 295 g/mol. The summed E-state index contributed by atoms with van der Waals surface area (Å²) in [4.78, 5) is 7.25. The number of aryl methyl sites for hydroxylation is 1. The fourth-order valence-electron chi connectivity index (χ4n) is 3.77. The van der Waals surface area contributed by atoms with Crippen molar-refractivity contribution in [3.63, 3.8) is 0 Å². The highest BCUT2D eigenvalue weighted by Gasteiger charge is 2.38. The number of hydrogen-bond acceptors (Lipinski definition) is 4. The van der Waals surface area contributed by atoms with Crippen molar-refractivity contribution in [2.45, 2.75) is 63.1 Å². The highest BCUT2D eigenvalue weighted by Crippen LogP contribution is 2.43. The Morgan fingerprint density at radius 1 is 1.09 bits per heavy atom. The molecule has 0 N–H and O–H groups in total. The predicted molar refractivity (Wildman–Crippen MR) is 82.3 cm³/mol. The fourth-order valence-corrected chi connectivity index (χ4v) is 3.77. The Bertz CT molecular complexity index is 687. The van der Waals surface area contributed by atoms with Crippen LogP contribution in [0, 0.1) is 0 Å². The zero-order valence-corrected chi connectivity index (χ0v) is 12.7. The van der Waals surface area contributed by atoms with E-state index < -0.39 is 0 Å². The molecule has 0 saturated heterocycles. The largest absolute Gasteiger partial charge is 0.339 e. The molecule has 0 amide bonds. The maximum atomic E-state index is 5.43. The molecule has 3 aliphatic carbocycles. The van der Waals surface area contributed by atoms with E-state index in [0.29, 0.717) is 18.0 Å². The molecule has 0 spiro atoms. The summed E-state index contributed by atoms with van der Waals surface area (Å²) in [6, 6.07) is 10.1. The number of rotatable bonds is 5. The van der Waals surface area contributed by atoms with Gasteiger partial charge >= 0.3 is 0 Å². The van der Waals surface area contributed by atoms with Crippen LogP contribution in [0.5, 0.6) is 0 Å². The first-order valence-electron chi connectivity index (χ1n) is 8.54. The normalized spacial score (nSPS) is 24.0. The van der Waals surface area contributed by atoms with Gasteiger partial charge in [0.25, 0.3) is 0 Å². The third-order valence-corrected chi connectivity index (χ3v) is 5.25. The molecule has 4 heteroatoms. The summed E-state index contributed by atoms with van der Waals surface area (Å²) in [5.41, 5.74) is 3.03. The maximum Gasteiger partial charge on any atom is 0.229 e. The lowest BCUT2D eigenvalue weighted by Crippen LogP contribution is -2.29. The highest BCUT2D eigenvalue weighted by atomic mass is 16.5. The third-order valence-electron chi connectivity index (χ3n) is 5.25. The van der Waals surface area contributed by atoms with Crippen molar-refractivity contribution >= 4 is 0 Å². The van der Waals surface area contributed by atoms with Gasteiger partial charge in [-0.3, -0.25) is 4.90 Å². The Kier molecular flexibility index (Phi) is 2.87. The zero-order chi connectivity index (χ0) is 14.5. The standard InChI is InChI=1S/C18H21N3O/c1-2-4-15-12(3-1)7-10-16(15)21(14-8-9-14)11-17-19-18(22-20-17)13-5-6-13/h1-4,13-14,16H,5-11H2/t16-/m1/s1. The smallest absolute Gasteiger partial charge is 0.229 e. The van der Waals surface area contributed by atoms with Gasteiger partial charge in [-0.15, -0.1) is 0 Å². The van der Waals surface area contributed by atoms with Crippen molar-refractivity contribution in [2.75, 3.05) is 0 Å². The topological polar surface area (TPSA) is 42.2 Å². The molecule has 1 atom stereocenters. The molecule has 3 aliphatic rings. The first kappa shape index (κ1) is 12.8. The molecule has 1 heterocycles. The molecule has 2 saturated carbocycles. The lowest BCUT2D eigenvalue weighted by molar-refractivity contribution is 0.170. The van der Waals surface area contributed by atoms with E-state index in [1.807, 2.05) is 0 Å². The molecule has 2 aromatic rings. The van der Waals surface area contributed by atoms with E-state index in [4.69, 9.17) is 4.52 Å². The average Bonchev–Trinajstić information content (AvgIpc) is 3.47. The van der Waals surface area contributed by atoms with E-state index in [0.717, 1.165) is 18.3 Å². The summed E-state index contributed by atoms with van der Waals surface area (Å²) in [5.74, 6) is 2.28. The van der Waals surface area contributed by atoms with E-state index in [1.165, 1.54) is 49.7 Å². The Labute approximate surface area is 130 Å². The summed E-state index contributed by atoms with van der Waals surface area (Å²) in [5, 5.41) is 4.23. The molecule has 2 fully saturated rings. The molecule has 1 aromatic carbocycles. The molecule has 0 aliphatic heterocycles. The molecular weight excluding hydrogens is 274 g/mol. The number of aromatic nitrogens is 2. The second kappa shape index (κ2) is 4.92. The van der Waals surface area contributed by atoms with Gasteiger partial charge in [0.2, 0.25) is 5.89 Å². The van der Waals surface area contributed by atoms with Gasteiger partial charge in [0.15, 0.2) is 5.82 Å². The molecule has 5 rings (SSSR count). The SMILES string of the molecule is c1ccc2c(c1)CC[C@H]2N(Cc1noc(C2CC2)n1)C1CC1. The fraction of sp³-hybridized carbons (Fsp3) is 0.556. The minimum absolute atomic E-state index is 0.534. The Morgan fingerprint density at radius 3 is 2.77 bits per heavy atom. The van der Waals surface area contributed by atoms with Crippen LogP contribution < -0.4 is 0 Å². The van der Waals surface area contributed by atoms with Gasteiger partial charge in [0.05, 0.1) is 6.54 Å². The Hall–Kier alpha value is -1.68. The van der Waals surface area contributed by atoms with Crippen molar-refractivity contribution < 1.29 is 4.52 Å². The molecule has 22 heavy (non-hydrogen) atoms. The van der Waals surface area contributed by atoms with Gasteiger partial charge < -0.3 is 4.52 Å². The lowest BCUT2D eigenvalue weighted by atomic mass is 10.1. The number of hydrogen-bond donors (Lipinski definition) is 0. The van der Waals surface area contributed by atoms with Gasteiger partial charge in [0.1, 0.15) is 0 Å². The van der Waals surface area contributed by atoms with Crippen molar-refractivity contribution in [1.29, 1.82) is 0 Å². The van der Waals surface area contributed by atoms with Crippen LogP contribution in [0.4, 0.5) is 0 Å². The van der Waals surface area contributed by atoms with E-state index >= 15 is 0 Å². The van der Waals surface area contributed by atoms with Gasteiger partial charge in [-0.05, 0) is 49.7 Å². The van der Waals surface area contributed by atoms with Crippen LogP contribution >= 0.6 is 0 Å². The summed E-state index contributed by atoms with van der Waals surface area (Å²) in [6.45, 7) is 0.833. The van der Waals surface area contributed by atoms with E-state index in [2.05, 4.69) is 39.3 Å². The quantitative estimate of drug-likeness (QED) is 0.845. The van der Waals surface area contributed by atoms with Crippen LogP contribution in [0.3, 0.4) is 0 Å². The molecule has 4 nitrogen and oxygen atoms in total. The minimum Gasteiger partial charge on any atom is -0.339 e. The van der Waals surface area contributed by atoms with Crippen LogP contribution in [-0.4, -0.2) is 21.1 Å². The van der Waals surface area contributed by atoms with Crippen LogP contribution in [0.2, 0.25) is 0 Å². The second-order valence-corrected chi connectivity index (χ2v) is 6.98. The molecule has 0 bridgehead atoms. The minimum atomic E-state index is 0.534. The first-order valence-corrected chi connectivity index (χ1v) is 8.54. The lowest BCUT2D eigenvalue weighted by Gasteiger charge is -2.28.